The third-order valence-corrected chi connectivity index (χ3v) is 3.57. The Hall–Kier alpha value is -1.46. The van der Waals surface area contributed by atoms with Gasteiger partial charge in [0.15, 0.2) is 0 Å². The summed E-state index contributed by atoms with van der Waals surface area (Å²) in [7, 11) is 0. The van der Waals surface area contributed by atoms with Gasteiger partial charge in [-0.1, -0.05) is 23.2 Å². The highest BCUT2D eigenvalue weighted by Gasteiger charge is 2.39. The number of aliphatic carboxylic acids is 1. The Labute approximate surface area is 120 Å². The number of carboxylic acids is 1. The summed E-state index contributed by atoms with van der Waals surface area (Å²) in [5, 5.41) is 12.6. The summed E-state index contributed by atoms with van der Waals surface area (Å²) in [5.41, 5.74) is 0.0981. The number of amides is 1. The molecule has 1 aromatic rings. The zero-order valence-electron chi connectivity index (χ0n) is 10.3. The maximum atomic E-state index is 12.3. The standard InChI is InChI=1S/C12H12Cl2N2O3/c1-12(2)11(19)16(5-10(17)18)9-4-7(14)6(13)3-8(9)15-12/h3-4,15H,5H2,1-2H3,(H,17,18). The predicted molar refractivity (Wildman–Crippen MR) is 74.2 cm³/mol. The topological polar surface area (TPSA) is 69.6 Å². The Kier molecular flexibility index (Phi) is 3.36. The fourth-order valence-corrected chi connectivity index (χ4v) is 2.31. The number of carbonyl (C=O) groups excluding carboxylic acids is 1. The number of rotatable bonds is 2. The quantitative estimate of drug-likeness (QED) is 0.881. The molecule has 0 aliphatic carbocycles. The summed E-state index contributed by atoms with van der Waals surface area (Å²) in [6.07, 6.45) is 0. The van der Waals surface area contributed by atoms with Crippen LogP contribution in [0.3, 0.4) is 0 Å². The van der Waals surface area contributed by atoms with Crippen LogP contribution in [-0.4, -0.2) is 29.1 Å². The normalized spacial score (nSPS) is 16.8. The minimum atomic E-state index is -1.09. The lowest BCUT2D eigenvalue weighted by atomic mass is 9.98. The Balaban J connectivity index is 2.58. The zero-order chi connectivity index (χ0) is 14.4. The molecule has 1 amide bonds. The molecule has 0 saturated carbocycles. The first kappa shape index (κ1) is 14.0. The lowest BCUT2D eigenvalue weighted by molar-refractivity contribution is -0.137. The van der Waals surface area contributed by atoms with Crippen LogP contribution in [0, 0.1) is 0 Å². The molecule has 0 aromatic heterocycles. The lowest BCUT2D eigenvalue weighted by Crippen LogP contribution is -2.55. The summed E-state index contributed by atoms with van der Waals surface area (Å²) in [6.45, 7) is 2.93. The van der Waals surface area contributed by atoms with Crippen LogP contribution in [0.4, 0.5) is 11.4 Å². The van der Waals surface area contributed by atoms with Gasteiger partial charge in [-0.25, -0.2) is 0 Å². The fraction of sp³-hybridized carbons (Fsp3) is 0.333. The van der Waals surface area contributed by atoms with Crippen LogP contribution >= 0.6 is 23.2 Å². The molecule has 1 aliphatic heterocycles. The molecule has 2 rings (SSSR count). The molecular formula is C12H12Cl2N2O3. The van der Waals surface area contributed by atoms with Crippen molar-refractivity contribution in [1.29, 1.82) is 0 Å². The number of nitrogens with one attached hydrogen (secondary N) is 1. The van der Waals surface area contributed by atoms with Crippen molar-refractivity contribution in [3.63, 3.8) is 0 Å². The molecule has 0 unspecified atom stereocenters. The molecule has 0 saturated heterocycles. The largest absolute Gasteiger partial charge is 0.480 e. The summed E-state index contributed by atoms with van der Waals surface area (Å²) in [5.74, 6) is -1.43. The summed E-state index contributed by atoms with van der Waals surface area (Å²) in [6, 6.07) is 3.07. The van der Waals surface area contributed by atoms with Crippen LogP contribution in [-0.2, 0) is 9.59 Å². The van der Waals surface area contributed by atoms with E-state index in [9.17, 15) is 9.59 Å². The van der Waals surface area contributed by atoms with Crippen molar-refractivity contribution in [1.82, 2.24) is 0 Å². The van der Waals surface area contributed by atoms with Crippen molar-refractivity contribution in [2.45, 2.75) is 19.4 Å². The van der Waals surface area contributed by atoms with Crippen LogP contribution in [0.15, 0.2) is 12.1 Å². The van der Waals surface area contributed by atoms with Crippen molar-refractivity contribution in [3.8, 4) is 0 Å². The number of hydrogen-bond donors (Lipinski definition) is 2. The van der Waals surface area contributed by atoms with E-state index in [1.165, 1.54) is 11.0 Å². The van der Waals surface area contributed by atoms with Gasteiger partial charge in [0.1, 0.15) is 12.1 Å². The third kappa shape index (κ3) is 2.48. The minimum absolute atomic E-state index is 0.269. The third-order valence-electron chi connectivity index (χ3n) is 2.85. The van der Waals surface area contributed by atoms with E-state index in [-0.39, 0.29) is 10.9 Å². The van der Waals surface area contributed by atoms with E-state index in [1.807, 2.05) is 0 Å². The molecule has 0 bridgehead atoms. The van der Waals surface area contributed by atoms with Crippen LogP contribution in [0.1, 0.15) is 13.8 Å². The van der Waals surface area contributed by atoms with E-state index in [1.54, 1.807) is 19.9 Å². The fourth-order valence-electron chi connectivity index (χ4n) is 1.99. The van der Waals surface area contributed by atoms with E-state index < -0.39 is 18.1 Å². The van der Waals surface area contributed by atoms with E-state index >= 15 is 0 Å². The van der Waals surface area contributed by atoms with Gasteiger partial charge in [0.25, 0.3) is 5.91 Å². The zero-order valence-corrected chi connectivity index (χ0v) is 11.8. The average molecular weight is 303 g/mol. The molecule has 0 spiro atoms. The van der Waals surface area contributed by atoms with Crippen molar-refractivity contribution >= 4 is 46.5 Å². The van der Waals surface area contributed by atoms with Gasteiger partial charge in [0.05, 0.1) is 21.4 Å². The maximum absolute atomic E-state index is 12.3. The molecule has 0 radical (unpaired) electrons. The number of halogens is 2. The lowest BCUT2D eigenvalue weighted by Gasteiger charge is -2.39. The van der Waals surface area contributed by atoms with Gasteiger partial charge in [-0.2, -0.15) is 0 Å². The molecule has 7 heteroatoms. The number of nitrogens with zero attached hydrogens (tertiary/aromatic N) is 1. The molecule has 19 heavy (non-hydrogen) atoms. The van der Waals surface area contributed by atoms with Gasteiger partial charge in [-0.05, 0) is 26.0 Å². The smallest absolute Gasteiger partial charge is 0.323 e. The SMILES string of the molecule is CC1(C)Nc2cc(Cl)c(Cl)cc2N(CC(=O)O)C1=O. The molecule has 0 fully saturated rings. The Morgan fingerprint density at radius 3 is 2.53 bits per heavy atom. The number of anilines is 2. The first-order valence-electron chi connectivity index (χ1n) is 5.53. The van der Waals surface area contributed by atoms with Crippen LogP contribution < -0.4 is 10.2 Å². The van der Waals surface area contributed by atoms with Crippen molar-refractivity contribution in [3.05, 3.63) is 22.2 Å². The van der Waals surface area contributed by atoms with Crippen molar-refractivity contribution in [2.24, 2.45) is 0 Å². The van der Waals surface area contributed by atoms with Crippen LogP contribution in [0.25, 0.3) is 0 Å². The second-order valence-electron chi connectivity index (χ2n) is 4.82. The number of carboxylic acid groups (broad SMARTS) is 1. The second-order valence-corrected chi connectivity index (χ2v) is 5.63. The van der Waals surface area contributed by atoms with E-state index in [4.69, 9.17) is 28.3 Å². The van der Waals surface area contributed by atoms with Gasteiger partial charge in [0, 0.05) is 0 Å². The average Bonchev–Trinajstić information content (AvgIpc) is 2.27. The molecule has 102 valence electrons. The highest BCUT2D eigenvalue weighted by molar-refractivity contribution is 6.42. The molecule has 1 aromatic carbocycles. The number of hydrogen-bond acceptors (Lipinski definition) is 3. The molecule has 5 nitrogen and oxygen atoms in total. The Bertz CT molecular complexity index is 572. The van der Waals surface area contributed by atoms with E-state index in [2.05, 4.69) is 5.32 Å². The van der Waals surface area contributed by atoms with Crippen molar-refractivity contribution < 1.29 is 14.7 Å². The monoisotopic (exact) mass is 302 g/mol. The Morgan fingerprint density at radius 1 is 1.37 bits per heavy atom. The predicted octanol–water partition coefficient (Wildman–Crippen LogP) is 2.62. The maximum Gasteiger partial charge on any atom is 0.323 e. The summed E-state index contributed by atoms with van der Waals surface area (Å²) < 4.78 is 0. The Morgan fingerprint density at radius 2 is 1.95 bits per heavy atom. The van der Waals surface area contributed by atoms with Crippen LogP contribution in [0.2, 0.25) is 10.0 Å². The minimum Gasteiger partial charge on any atom is -0.480 e. The summed E-state index contributed by atoms with van der Waals surface area (Å²) >= 11 is 11.9. The van der Waals surface area contributed by atoms with E-state index in [0.29, 0.717) is 16.4 Å². The molecule has 1 aliphatic rings. The molecular weight excluding hydrogens is 291 g/mol. The molecule has 2 N–H and O–H groups in total. The van der Waals surface area contributed by atoms with E-state index in [0.717, 1.165) is 0 Å². The van der Waals surface area contributed by atoms with Gasteiger partial charge in [-0.3, -0.25) is 14.5 Å². The highest BCUT2D eigenvalue weighted by Crippen LogP contribution is 2.40. The van der Waals surface area contributed by atoms with Crippen molar-refractivity contribution in [2.75, 3.05) is 16.8 Å². The summed E-state index contributed by atoms with van der Waals surface area (Å²) in [4.78, 5) is 24.4. The first-order chi connectivity index (χ1) is 8.72. The van der Waals surface area contributed by atoms with Crippen LogP contribution in [0.5, 0.6) is 0 Å². The molecule has 0 atom stereocenters. The number of carbonyl (C=O) groups is 2. The first-order valence-corrected chi connectivity index (χ1v) is 6.29. The van der Waals surface area contributed by atoms with Gasteiger partial charge in [-0.15, -0.1) is 0 Å². The number of benzene rings is 1. The van der Waals surface area contributed by atoms with Gasteiger partial charge >= 0.3 is 5.97 Å². The van der Waals surface area contributed by atoms with Gasteiger partial charge in [0.2, 0.25) is 0 Å². The van der Waals surface area contributed by atoms with Gasteiger partial charge < -0.3 is 10.4 Å². The highest BCUT2D eigenvalue weighted by atomic mass is 35.5. The second kappa shape index (κ2) is 4.58. The molecule has 1 heterocycles. The number of fused-ring (bicyclic) bond motifs is 1.